The van der Waals surface area contributed by atoms with Crippen molar-refractivity contribution in [2.45, 2.75) is 12.0 Å². The fourth-order valence-corrected chi connectivity index (χ4v) is 7.96. The van der Waals surface area contributed by atoms with Gasteiger partial charge in [-0.2, -0.15) is 15.8 Å². The monoisotopic (exact) mass is 651 g/mol. The molecule has 238 valence electrons. The van der Waals surface area contributed by atoms with E-state index in [9.17, 15) is 15.8 Å². The van der Waals surface area contributed by atoms with E-state index in [1.165, 1.54) is 11.3 Å². The van der Waals surface area contributed by atoms with Gasteiger partial charge in [-0.15, -0.1) is 0 Å². The number of hydrogen-bond acceptors (Lipinski definition) is 4. The zero-order valence-electron chi connectivity index (χ0n) is 27.5. The van der Waals surface area contributed by atoms with Crippen LogP contribution in [0, 0.1) is 39.9 Å². The van der Waals surface area contributed by atoms with E-state index in [0.717, 1.165) is 55.5 Å². The highest BCUT2D eigenvalue weighted by molar-refractivity contribution is 6.12. The van der Waals surface area contributed by atoms with Crippen molar-refractivity contribution in [1.29, 1.82) is 15.8 Å². The lowest BCUT2D eigenvalue weighted by Gasteiger charge is -2.29. The maximum atomic E-state index is 10.2. The number of para-hydroxylation sites is 2. The van der Waals surface area contributed by atoms with Gasteiger partial charge in [-0.05, 0) is 82.9 Å². The Morgan fingerprint density at radius 3 is 2.18 bits per heavy atom. The number of nitriles is 3. The molecule has 0 saturated heterocycles. The van der Waals surface area contributed by atoms with Crippen molar-refractivity contribution >= 4 is 44.3 Å². The number of rotatable bonds is 4. The summed E-state index contributed by atoms with van der Waals surface area (Å²) in [5.41, 5.74) is 11.3. The van der Waals surface area contributed by atoms with Crippen LogP contribution in [0.3, 0.4) is 0 Å². The van der Waals surface area contributed by atoms with Crippen molar-refractivity contribution in [3.63, 3.8) is 0 Å². The van der Waals surface area contributed by atoms with E-state index in [4.69, 9.17) is 0 Å². The molecular weight excluding hydrogens is 623 g/mol. The Kier molecular flexibility index (Phi) is 7.10. The smallest absolute Gasteiger partial charge is 0.0991 e. The summed E-state index contributed by atoms with van der Waals surface area (Å²) in [6, 6.07) is 44.3. The van der Waals surface area contributed by atoms with Crippen molar-refractivity contribution in [2.24, 2.45) is 5.92 Å². The van der Waals surface area contributed by atoms with Crippen LogP contribution < -0.4 is 4.90 Å². The molecule has 5 heteroatoms. The molecular formula is C46H29N5. The maximum Gasteiger partial charge on any atom is 0.0991 e. The van der Waals surface area contributed by atoms with Gasteiger partial charge in [0.05, 0.1) is 58.0 Å². The van der Waals surface area contributed by atoms with Crippen LogP contribution in [0.2, 0.25) is 0 Å². The minimum absolute atomic E-state index is 0.205. The van der Waals surface area contributed by atoms with Crippen LogP contribution >= 0.6 is 0 Å². The first kappa shape index (κ1) is 30.0. The Hall–Kier alpha value is -7.13. The van der Waals surface area contributed by atoms with Crippen molar-refractivity contribution in [1.82, 2.24) is 4.57 Å². The molecule has 3 aliphatic rings. The van der Waals surface area contributed by atoms with E-state index in [2.05, 4.69) is 119 Å². The maximum absolute atomic E-state index is 10.2. The molecule has 5 aromatic carbocycles. The van der Waals surface area contributed by atoms with E-state index in [-0.39, 0.29) is 6.04 Å². The fourth-order valence-electron chi connectivity index (χ4n) is 7.96. The summed E-state index contributed by atoms with van der Waals surface area (Å²) >= 11 is 0. The van der Waals surface area contributed by atoms with E-state index in [1.807, 2.05) is 66.8 Å². The van der Waals surface area contributed by atoms with Gasteiger partial charge in [0, 0.05) is 33.6 Å². The highest BCUT2D eigenvalue weighted by Gasteiger charge is 2.37. The molecule has 9 rings (SSSR count). The zero-order chi connectivity index (χ0) is 34.5. The standard InChI is InChI=1S/C46H29N5/c47-27-30-8-7-12-35(33-18-20-34(21-19-33)50-42-13-4-1-9-36(42)37-10-2-5-14-43(37)50)39(24-30)41-26-32(29-49)17-23-46(41)51-44-15-6-3-11-38(44)40-25-31(28-48)16-22-45(40)51/h1-26,30,36,42H. The lowest BCUT2D eigenvalue weighted by atomic mass is 9.88. The average Bonchev–Trinajstić information content (AvgIpc) is 3.60. The quantitative estimate of drug-likeness (QED) is 0.190. The highest BCUT2D eigenvalue weighted by atomic mass is 15.2. The molecule has 2 aliphatic carbocycles. The molecule has 1 aromatic heterocycles. The Bertz CT molecular complexity index is 2700. The summed E-state index contributed by atoms with van der Waals surface area (Å²) in [5, 5.41) is 32.0. The number of allylic oxidation sites excluding steroid dienone is 8. The third-order valence-electron chi connectivity index (χ3n) is 10.2. The summed E-state index contributed by atoms with van der Waals surface area (Å²) in [7, 11) is 0. The van der Waals surface area contributed by atoms with Gasteiger partial charge in [0.25, 0.3) is 0 Å². The van der Waals surface area contributed by atoms with Gasteiger partial charge in [0.15, 0.2) is 0 Å². The van der Waals surface area contributed by atoms with Gasteiger partial charge in [0.2, 0.25) is 0 Å². The normalized spacial score (nSPS) is 18.7. The molecule has 2 heterocycles. The second-order valence-corrected chi connectivity index (χ2v) is 13.0. The average molecular weight is 652 g/mol. The second kappa shape index (κ2) is 12.1. The van der Waals surface area contributed by atoms with Gasteiger partial charge < -0.3 is 9.47 Å². The SMILES string of the molecule is N#Cc1ccc(-n2c3ccccc3c3cc(C#N)ccc32)c(C2=CC(C#N)C=CC=C2c2ccc(N3c4ccccc4C4C=CC=CC43)cc2)c1. The minimum Gasteiger partial charge on any atom is -0.333 e. The number of nitrogens with zero attached hydrogens (tertiary/aromatic N) is 5. The summed E-state index contributed by atoms with van der Waals surface area (Å²) in [4.78, 5) is 2.42. The predicted octanol–water partition coefficient (Wildman–Crippen LogP) is 10.4. The van der Waals surface area contributed by atoms with Gasteiger partial charge in [-0.25, -0.2) is 0 Å². The molecule has 0 spiro atoms. The Morgan fingerprint density at radius 2 is 1.33 bits per heavy atom. The molecule has 6 aromatic rings. The summed E-state index contributed by atoms with van der Waals surface area (Å²) in [6.07, 6.45) is 16.8. The van der Waals surface area contributed by atoms with Crippen molar-refractivity contribution in [3.8, 4) is 23.9 Å². The molecule has 0 bridgehead atoms. The van der Waals surface area contributed by atoms with Crippen molar-refractivity contribution in [2.75, 3.05) is 4.90 Å². The van der Waals surface area contributed by atoms with Crippen LogP contribution in [0.25, 0.3) is 38.6 Å². The first-order chi connectivity index (χ1) is 25.2. The van der Waals surface area contributed by atoms with Crippen molar-refractivity contribution < 1.29 is 0 Å². The fraction of sp³-hybridized carbons (Fsp3) is 0.0652. The topological polar surface area (TPSA) is 79.5 Å². The van der Waals surface area contributed by atoms with Gasteiger partial charge in [-0.1, -0.05) is 97.1 Å². The summed E-state index contributed by atoms with van der Waals surface area (Å²) < 4.78 is 2.21. The van der Waals surface area contributed by atoms with Crippen LogP contribution in [0.4, 0.5) is 11.4 Å². The number of benzene rings is 5. The van der Waals surface area contributed by atoms with E-state index < -0.39 is 5.92 Å². The molecule has 3 unspecified atom stereocenters. The molecule has 51 heavy (non-hydrogen) atoms. The number of anilines is 2. The van der Waals surface area contributed by atoms with E-state index in [0.29, 0.717) is 17.0 Å². The molecule has 0 saturated carbocycles. The largest absolute Gasteiger partial charge is 0.333 e. The number of hydrogen-bond donors (Lipinski definition) is 0. The Morgan fingerprint density at radius 1 is 0.588 bits per heavy atom. The first-order valence-corrected chi connectivity index (χ1v) is 17.0. The molecule has 1 aliphatic heterocycles. The molecule has 0 amide bonds. The second-order valence-electron chi connectivity index (χ2n) is 13.0. The molecule has 0 radical (unpaired) electrons. The molecule has 3 atom stereocenters. The Balaban J connectivity index is 1.21. The minimum atomic E-state index is -0.466. The lowest BCUT2D eigenvalue weighted by molar-refractivity contribution is 0.745. The van der Waals surface area contributed by atoms with Crippen LogP contribution in [-0.4, -0.2) is 10.6 Å². The first-order valence-electron chi connectivity index (χ1n) is 17.0. The van der Waals surface area contributed by atoms with E-state index in [1.54, 1.807) is 0 Å². The predicted molar refractivity (Wildman–Crippen MR) is 204 cm³/mol. The summed E-state index contributed by atoms with van der Waals surface area (Å²) in [5.74, 6) is -0.164. The molecule has 0 fully saturated rings. The van der Waals surface area contributed by atoms with Crippen LogP contribution in [0.15, 0.2) is 158 Å². The highest BCUT2D eigenvalue weighted by Crippen LogP contribution is 2.48. The van der Waals surface area contributed by atoms with Gasteiger partial charge in [0.1, 0.15) is 0 Å². The van der Waals surface area contributed by atoms with Crippen LogP contribution in [-0.2, 0) is 0 Å². The zero-order valence-corrected chi connectivity index (χ0v) is 27.5. The third-order valence-corrected chi connectivity index (χ3v) is 10.2. The third kappa shape index (κ3) is 4.82. The van der Waals surface area contributed by atoms with Crippen LogP contribution in [0.1, 0.15) is 33.7 Å². The number of aromatic nitrogens is 1. The summed E-state index contributed by atoms with van der Waals surface area (Å²) in [6.45, 7) is 0. The molecule has 5 nitrogen and oxygen atoms in total. The Labute approximate surface area is 296 Å². The molecule has 0 N–H and O–H groups in total. The van der Waals surface area contributed by atoms with E-state index >= 15 is 0 Å². The van der Waals surface area contributed by atoms with Gasteiger partial charge >= 0.3 is 0 Å². The van der Waals surface area contributed by atoms with Crippen molar-refractivity contribution in [3.05, 3.63) is 186 Å². The van der Waals surface area contributed by atoms with Crippen LogP contribution in [0.5, 0.6) is 0 Å². The number of fused-ring (bicyclic) bond motifs is 6. The van der Waals surface area contributed by atoms with Gasteiger partial charge in [-0.3, -0.25) is 0 Å². The lowest BCUT2D eigenvalue weighted by Crippen LogP contribution is -2.28.